The van der Waals surface area contributed by atoms with Crippen molar-refractivity contribution >= 4 is 6.09 Å². The first-order chi connectivity index (χ1) is 11.7. The first kappa shape index (κ1) is 19.8. The Morgan fingerprint density at radius 2 is 2.04 bits per heavy atom. The number of aryl methyl sites for hydroxylation is 3. The van der Waals surface area contributed by atoms with E-state index in [1.165, 1.54) is 12.1 Å². The number of nitrogens with one attached hydrogen (secondary N) is 2. The molecule has 6 nitrogen and oxygen atoms in total. The fraction of sp³-hybridized carbons (Fsp3) is 0.789. The van der Waals surface area contributed by atoms with Gasteiger partial charge in [-0.25, -0.2) is 4.79 Å². The van der Waals surface area contributed by atoms with E-state index < -0.39 is 5.60 Å². The lowest BCUT2D eigenvalue weighted by Gasteiger charge is -2.31. The maximum Gasteiger partial charge on any atom is 0.407 e. The molecule has 6 heteroatoms. The van der Waals surface area contributed by atoms with Crippen LogP contribution < -0.4 is 10.6 Å². The zero-order valence-corrected chi connectivity index (χ0v) is 16.4. The molecule has 1 aromatic heterocycles. The highest BCUT2D eigenvalue weighted by atomic mass is 16.6. The highest BCUT2D eigenvalue weighted by Gasteiger charge is 2.25. The van der Waals surface area contributed by atoms with E-state index in [4.69, 9.17) is 4.74 Å². The fourth-order valence-electron chi connectivity index (χ4n) is 3.42. The van der Waals surface area contributed by atoms with Gasteiger partial charge >= 0.3 is 6.09 Å². The van der Waals surface area contributed by atoms with E-state index in [0.29, 0.717) is 6.04 Å². The molecule has 1 aromatic rings. The molecule has 2 unspecified atom stereocenters. The molecule has 0 spiro atoms. The normalized spacial score (nSPS) is 21.2. The summed E-state index contributed by atoms with van der Waals surface area (Å²) in [6.07, 6.45) is 5.06. The second kappa shape index (κ2) is 8.70. The van der Waals surface area contributed by atoms with Gasteiger partial charge in [-0.15, -0.1) is 0 Å². The molecule has 2 N–H and O–H groups in total. The lowest BCUT2D eigenvalue weighted by molar-refractivity contribution is 0.0488. The van der Waals surface area contributed by atoms with Gasteiger partial charge in [0, 0.05) is 24.3 Å². The summed E-state index contributed by atoms with van der Waals surface area (Å²) in [5.41, 5.74) is 1.85. The van der Waals surface area contributed by atoms with E-state index in [9.17, 15) is 4.79 Å². The summed E-state index contributed by atoms with van der Waals surface area (Å²) in [6.45, 7) is 11.7. The van der Waals surface area contributed by atoms with Crippen molar-refractivity contribution in [3.63, 3.8) is 0 Å². The Labute approximate surface area is 151 Å². The molecule has 0 aliphatic heterocycles. The number of nitrogens with zero attached hydrogens (tertiary/aromatic N) is 2. The molecule has 0 radical (unpaired) electrons. The number of carbonyl (C=O) groups excluding carboxylic acids is 1. The minimum Gasteiger partial charge on any atom is -0.444 e. The van der Waals surface area contributed by atoms with Crippen LogP contribution in [0.25, 0.3) is 0 Å². The third-order valence-electron chi connectivity index (χ3n) is 4.48. The lowest BCUT2D eigenvalue weighted by Crippen LogP contribution is -2.45. The molecule has 1 saturated carbocycles. The van der Waals surface area contributed by atoms with Gasteiger partial charge in [0.15, 0.2) is 0 Å². The van der Waals surface area contributed by atoms with E-state index in [-0.39, 0.29) is 12.1 Å². The van der Waals surface area contributed by atoms with Gasteiger partial charge < -0.3 is 15.4 Å². The molecule has 25 heavy (non-hydrogen) atoms. The fourth-order valence-corrected chi connectivity index (χ4v) is 3.42. The summed E-state index contributed by atoms with van der Waals surface area (Å²) in [5.74, 6) is 0. The van der Waals surface area contributed by atoms with Gasteiger partial charge in [-0.3, -0.25) is 4.68 Å². The zero-order valence-electron chi connectivity index (χ0n) is 16.4. The van der Waals surface area contributed by atoms with Crippen molar-refractivity contribution in [1.82, 2.24) is 20.4 Å². The Kier molecular flexibility index (Phi) is 6.87. The van der Waals surface area contributed by atoms with Crippen LogP contribution in [0.1, 0.15) is 64.3 Å². The molecular weight excluding hydrogens is 316 g/mol. The van der Waals surface area contributed by atoms with Crippen molar-refractivity contribution in [2.45, 2.75) is 91.0 Å². The van der Waals surface area contributed by atoms with Gasteiger partial charge in [0.2, 0.25) is 0 Å². The van der Waals surface area contributed by atoms with Crippen molar-refractivity contribution < 1.29 is 9.53 Å². The van der Waals surface area contributed by atoms with Crippen molar-refractivity contribution in [3.05, 3.63) is 17.5 Å². The summed E-state index contributed by atoms with van der Waals surface area (Å²) in [7, 11) is 0. The summed E-state index contributed by atoms with van der Waals surface area (Å²) >= 11 is 0. The van der Waals surface area contributed by atoms with Crippen LogP contribution >= 0.6 is 0 Å². The molecule has 1 amide bonds. The largest absolute Gasteiger partial charge is 0.444 e. The first-order valence-electron chi connectivity index (χ1n) is 9.47. The molecule has 1 aliphatic rings. The van der Waals surface area contributed by atoms with Crippen LogP contribution in [0.15, 0.2) is 6.07 Å². The first-order valence-corrected chi connectivity index (χ1v) is 9.47. The van der Waals surface area contributed by atoms with Crippen LogP contribution in [0.4, 0.5) is 4.79 Å². The highest BCUT2D eigenvalue weighted by Crippen LogP contribution is 2.19. The van der Waals surface area contributed by atoms with Gasteiger partial charge in [-0.05, 0) is 79.3 Å². The molecule has 1 heterocycles. The van der Waals surface area contributed by atoms with Gasteiger partial charge in [-0.2, -0.15) is 5.10 Å². The van der Waals surface area contributed by atoms with E-state index in [1.807, 2.05) is 27.7 Å². The van der Waals surface area contributed by atoms with E-state index in [1.54, 1.807) is 0 Å². The Morgan fingerprint density at radius 3 is 2.68 bits per heavy atom. The lowest BCUT2D eigenvalue weighted by atomic mass is 9.91. The van der Waals surface area contributed by atoms with Gasteiger partial charge in [-0.1, -0.05) is 0 Å². The zero-order chi connectivity index (χ0) is 18.4. The summed E-state index contributed by atoms with van der Waals surface area (Å²) in [6, 6.07) is 2.79. The predicted octanol–water partition coefficient (Wildman–Crippen LogP) is 3.32. The molecule has 0 saturated heterocycles. The molecular formula is C19H34N4O2. The molecule has 1 fully saturated rings. The quantitative estimate of drug-likeness (QED) is 0.772. The number of hydrogen-bond donors (Lipinski definition) is 2. The number of carbonyl (C=O) groups is 1. The average Bonchev–Trinajstić information content (AvgIpc) is 2.80. The maximum absolute atomic E-state index is 11.9. The molecule has 0 aromatic carbocycles. The van der Waals surface area contributed by atoms with E-state index in [0.717, 1.165) is 44.5 Å². The minimum atomic E-state index is -0.445. The highest BCUT2D eigenvalue weighted by molar-refractivity contribution is 5.68. The van der Waals surface area contributed by atoms with Crippen molar-refractivity contribution in [2.24, 2.45) is 0 Å². The Hall–Kier alpha value is -1.56. The number of rotatable bonds is 6. The maximum atomic E-state index is 11.9. The van der Waals surface area contributed by atoms with Crippen molar-refractivity contribution in [3.8, 4) is 0 Å². The number of aromatic nitrogens is 2. The van der Waals surface area contributed by atoms with E-state index in [2.05, 4.69) is 33.4 Å². The van der Waals surface area contributed by atoms with Crippen LogP contribution in [0.2, 0.25) is 0 Å². The van der Waals surface area contributed by atoms with Crippen molar-refractivity contribution in [2.75, 3.05) is 6.54 Å². The summed E-state index contributed by atoms with van der Waals surface area (Å²) < 4.78 is 7.43. The van der Waals surface area contributed by atoms with Gasteiger partial charge in [0.05, 0.1) is 5.69 Å². The third kappa shape index (κ3) is 7.06. The minimum absolute atomic E-state index is 0.206. The standard InChI is InChI=1S/C19H34N4O2/c1-14-12-15(2)23(22-14)11-7-10-20-16-8-6-9-17(13-16)21-18(24)25-19(3,4)5/h12,16-17,20H,6-11,13H2,1-5H3,(H,21,24). The van der Waals surface area contributed by atoms with Crippen molar-refractivity contribution in [1.29, 1.82) is 0 Å². The molecule has 2 rings (SSSR count). The molecule has 2 atom stereocenters. The van der Waals surface area contributed by atoms with Crippen LogP contribution in [0.5, 0.6) is 0 Å². The van der Waals surface area contributed by atoms with E-state index >= 15 is 0 Å². The van der Waals surface area contributed by atoms with Crippen LogP contribution in [-0.4, -0.2) is 40.1 Å². The van der Waals surface area contributed by atoms with Crippen LogP contribution in [0.3, 0.4) is 0 Å². The smallest absolute Gasteiger partial charge is 0.407 e. The second-order valence-corrected chi connectivity index (χ2v) is 8.16. The number of hydrogen-bond acceptors (Lipinski definition) is 4. The Morgan fingerprint density at radius 1 is 1.32 bits per heavy atom. The summed E-state index contributed by atoms with van der Waals surface area (Å²) in [4.78, 5) is 11.9. The number of alkyl carbamates (subject to hydrolysis) is 1. The van der Waals surface area contributed by atoms with Crippen LogP contribution in [0, 0.1) is 13.8 Å². The second-order valence-electron chi connectivity index (χ2n) is 8.16. The average molecular weight is 351 g/mol. The van der Waals surface area contributed by atoms with Gasteiger partial charge in [0.25, 0.3) is 0 Å². The molecule has 0 bridgehead atoms. The van der Waals surface area contributed by atoms with Gasteiger partial charge in [0.1, 0.15) is 5.60 Å². The topological polar surface area (TPSA) is 68.2 Å². The summed E-state index contributed by atoms with van der Waals surface area (Å²) in [5, 5.41) is 11.1. The number of amides is 1. The Balaban J connectivity index is 1.67. The third-order valence-corrected chi connectivity index (χ3v) is 4.48. The SMILES string of the molecule is Cc1cc(C)n(CCCNC2CCCC(NC(=O)OC(C)(C)C)C2)n1. The molecule has 142 valence electrons. The monoisotopic (exact) mass is 350 g/mol. The Bertz CT molecular complexity index is 562. The predicted molar refractivity (Wildman–Crippen MR) is 99.7 cm³/mol. The molecule has 1 aliphatic carbocycles. The number of ether oxygens (including phenoxy) is 1. The van der Waals surface area contributed by atoms with Crippen LogP contribution in [-0.2, 0) is 11.3 Å².